The van der Waals surface area contributed by atoms with Crippen LogP contribution in [0.3, 0.4) is 0 Å². The molecule has 1 atom stereocenters. The number of amidine groups is 1. The minimum atomic E-state index is -0.876. The Hall–Kier alpha value is -3.48. The number of aliphatic imine (C=N–C) groups is 1. The molecule has 0 fully saturated rings. The van der Waals surface area contributed by atoms with E-state index in [1.165, 1.54) is 12.4 Å². The molecule has 142 valence electrons. The monoisotopic (exact) mass is 378 g/mol. The van der Waals surface area contributed by atoms with Crippen LogP contribution in [-0.4, -0.2) is 29.7 Å². The Kier molecular flexibility index (Phi) is 4.43. The van der Waals surface area contributed by atoms with Crippen molar-refractivity contribution in [2.45, 2.75) is 12.5 Å². The number of hydrogen-bond donors (Lipinski definition) is 1. The fourth-order valence-electron chi connectivity index (χ4n) is 3.47. The number of nitrogens with two attached hydrogens (primary N) is 1. The van der Waals surface area contributed by atoms with E-state index in [0.717, 1.165) is 22.4 Å². The topological polar surface area (TPSA) is 82.6 Å². The summed E-state index contributed by atoms with van der Waals surface area (Å²) in [5.74, 6) is 0.409. The van der Waals surface area contributed by atoms with E-state index in [2.05, 4.69) is 15.0 Å². The molecule has 0 bridgehead atoms. The lowest BCUT2D eigenvalue weighted by Crippen LogP contribution is -2.27. The van der Waals surface area contributed by atoms with Crippen LogP contribution in [0.1, 0.15) is 16.7 Å². The first-order chi connectivity index (χ1) is 13.5. The summed E-state index contributed by atoms with van der Waals surface area (Å²) in [6.45, 7) is 2.18. The molecule has 3 aromatic rings. The van der Waals surface area contributed by atoms with Gasteiger partial charge in [-0.1, -0.05) is 12.1 Å². The van der Waals surface area contributed by atoms with Crippen molar-refractivity contribution in [3.8, 4) is 16.9 Å². The quantitative estimate of drug-likeness (QED) is 0.754. The highest BCUT2D eigenvalue weighted by molar-refractivity contribution is 5.76. The molecule has 0 spiro atoms. The number of hydrogen-bond acceptors (Lipinski definition) is 6. The van der Waals surface area contributed by atoms with E-state index in [0.29, 0.717) is 11.1 Å². The van der Waals surface area contributed by atoms with Gasteiger partial charge >= 0.3 is 0 Å². The van der Waals surface area contributed by atoms with Gasteiger partial charge in [-0.15, -0.1) is 0 Å². The van der Waals surface area contributed by atoms with Crippen molar-refractivity contribution in [3.63, 3.8) is 0 Å². The number of halogens is 1. The van der Waals surface area contributed by atoms with Crippen LogP contribution < -0.4 is 10.5 Å². The Morgan fingerprint density at radius 3 is 2.46 bits per heavy atom. The molecule has 0 aliphatic carbocycles. The number of ether oxygens (including phenoxy) is 2. The summed E-state index contributed by atoms with van der Waals surface area (Å²) in [4.78, 5) is 12.6. The summed E-state index contributed by atoms with van der Waals surface area (Å²) in [7, 11) is 1.63. The van der Waals surface area contributed by atoms with Crippen molar-refractivity contribution in [3.05, 3.63) is 77.6 Å². The second-order valence-corrected chi connectivity index (χ2v) is 6.61. The molecule has 0 radical (unpaired) electrons. The first-order valence-corrected chi connectivity index (χ1v) is 8.72. The first-order valence-electron chi connectivity index (χ1n) is 8.72. The highest BCUT2D eigenvalue weighted by atomic mass is 19.1. The number of aryl methyl sites for hydroxylation is 1. The number of rotatable bonds is 4. The van der Waals surface area contributed by atoms with Crippen molar-refractivity contribution >= 4 is 6.02 Å². The highest BCUT2D eigenvalue weighted by Crippen LogP contribution is 2.40. The van der Waals surface area contributed by atoms with Crippen LogP contribution >= 0.6 is 0 Å². The number of benzene rings is 2. The fraction of sp³-hybridized carbons (Fsp3) is 0.190. The number of aromatic nitrogens is 2. The van der Waals surface area contributed by atoms with E-state index < -0.39 is 5.54 Å². The average molecular weight is 378 g/mol. The van der Waals surface area contributed by atoms with E-state index in [1.54, 1.807) is 31.6 Å². The molecule has 2 heterocycles. The summed E-state index contributed by atoms with van der Waals surface area (Å²) < 4.78 is 25.4. The fourth-order valence-corrected chi connectivity index (χ4v) is 3.47. The lowest BCUT2D eigenvalue weighted by Gasteiger charge is -2.26. The predicted molar refractivity (Wildman–Crippen MR) is 104 cm³/mol. The van der Waals surface area contributed by atoms with Gasteiger partial charge in [0.05, 0.1) is 7.11 Å². The molecule has 6 nitrogen and oxygen atoms in total. The van der Waals surface area contributed by atoms with Gasteiger partial charge in [-0.25, -0.2) is 19.4 Å². The lowest BCUT2D eigenvalue weighted by atomic mass is 9.82. The van der Waals surface area contributed by atoms with Gasteiger partial charge in [-0.3, -0.25) is 0 Å². The smallest absolute Gasteiger partial charge is 0.283 e. The van der Waals surface area contributed by atoms with Crippen molar-refractivity contribution in [2.24, 2.45) is 10.7 Å². The third kappa shape index (κ3) is 2.94. The molecule has 0 saturated carbocycles. The Morgan fingerprint density at radius 1 is 1.11 bits per heavy atom. The second-order valence-electron chi connectivity index (χ2n) is 6.61. The van der Waals surface area contributed by atoms with Crippen LogP contribution in [0.2, 0.25) is 0 Å². The van der Waals surface area contributed by atoms with Gasteiger partial charge in [0.1, 0.15) is 24.5 Å². The van der Waals surface area contributed by atoms with Crippen LogP contribution in [-0.2, 0) is 10.3 Å². The molecule has 1 aliphatic rings. The minimum absolute atomic E-state index is 0.0994. The first kappa shape index (κ1) is 17.9. The minimum Gasteiger partial charge on any atom is -0.496 e. The zero-order valence-corrected chi connectivity index (χ0v) is 15.5. The predicted octanol–water partition coefficient (Wildman–Crippen LogP) is 3.19. The van der Waals surface area contributed by atoms with Crippen LogP contribution in [0.25, 0.3) is 11.1 Å². The molecule has 0 saturated heterocycles. The van der Waals surface area contributed by atoms with E-state index in [9.17, 15) is 4.39 Å². The molecule has 2 aromatic carbocycles. The van der Waals surface area contributed by atoms with Gasteiger partial charge in [0.15, 0.2) is 5.54 Å². The second kappa shape index (κ2) is 6.92. The maximum absolute atomic E-state index is 14.5. The maximum atomic E-state index is 14.5. The van der Waals surface area contributed by atoms with Gasteiger partial charge in [0.25, 0.3) is 6.02 Å². The summed E-state index contributed by atoms with van der Waals surface area (Å²) in [6, 6.07) is 10.8. The Bertz CT molecular complexity index is 1060. The standard InChI is InChI=1S/C21H19FN4O2/c1-13-7-15(4-6-19(13)27-2)21(11-28-20(23)26-21)16-3-5-18(22)17(8-16)14-9-24-12-25-10-14/h3-10,12H,11H2,1-2H3,(H2,23,26). The van der Waals surface area contributed by atoms with Gasteiger partial charge in [-0.05, 0) is 47.9 Å². The van der Waals surface area contributed by atoms with Gasteiger partial charge < -0.3 is 15.2 Å². The Labute approximate surface area is 161 Å². The normalized spacial score (nSPS) is 18.5. The summed E-state index contributed by atoms with van der Waals surface area (Å²) in [5.41, 5.74) is 8.57. The lowest BCUT2D eigenvalue weighted by molar-refractivity contribution is 0.278. The van der Waals surface area contributed by atoms with Gasteiger partial charge in [0.2, 0.25) is 0 Å². The van der Waals surface area contributed by atoms with Crippen LogP contribution in [0.5, 0.6) is 5.75 Å². The summed E-state index contributed by atoms with van der Waals surface area (Å²) in [5, 5.41) is 0. The third-order valence-corrected chi connectivity index (χ3v) is 4.92. The van der Waals surface area contributed by atoms with Crippen LogP contribution in [0.4, 0.5) is 4.39 Å². The Morgan fingerprint density at radius 2 is 1.82 bits per heavy atom. The van der Waals surface area contributed by atoms with E-state index in [4.69, 9.17) is 15.2 Å². The highest BCUT2D eigenvalue weighted by Gasteiger charge is 2.40. The molecule has 0 amide bonds. The van der Waals surface area contributed by atoms with Gasteiger partial charge in [-0.2, -0.15) is 0 Å². The molecule has 1 aromatic heterocycles. The largest absolute Gasteiger partial charge is 0.496 e. The van der Waals surface area contributed by atoms with Gasteiger partial charge in [0, 0.05) is 23.5 Å². The molecule has 1 aliphatic heterocycles. The molecule has 1 unspecified atom stereocenters. The molecule has 4 rings (SSSR count). The molecule has 2 N–H and O–H groups in total. The van der Waals surface area contributed by atoms with Crippen molar-refractivity contribution in [1.82, 2.24) is 9.97 Å². The number of methoxy groups -OCH3 is 1. The van der Waals surface area contributed by atoms with Crippen molar-refractivity contribution in [1.29, 1.82) is 0 Å². The van der Waals surface area contributed by atoms with E-state index in [1.807, 2.05) is 25.1 Å². The third-order valence-electron chi connectivity index (χ3n) is 4.92. The summed E-state index contributed by atoms with van der Waals surface area (Å²) in [6.07, 6.45) is 4.55. The summed E-state index contributed by atoms with van der Waals surface area (Å²) >= 11 is 0. The molecule has 28 heavy (non-hydrogen) atoms. The Balaban J connectivity index is 1.89. The number of nitrogens with zero attached hydrogens (tertiary/aromatic N) is 3. The zero-order chi connectivity index (χ0) is 19.7. The van der Waals surface area contributed by atoms with Crippen molar-refractivity contribution in [2.75, 3.05) is 13.7 Å². The van der Waals surface area contributed by atoms with E-state index >= 15 is 0 Å². The average Bonchev–Trinajstić information content (AvgIpc) is 3.12. The van der Waals surface area contributed by atoms with Crippen LogP contribution in [0.15, 0.2) is 60.1 Å². The van der Waals surface area contributed by atoms with Crippen LogP contribution in [0, 0.1) is 12.7 Å². The molecule has 7 heteroatoms. The molecular weight excluding hydrogens is 359 g/mol. The maximum Gasteiger partial charge on any atom is 0.283 e. The SMILES string of the molecule is COc1ccc(C2(c3ccc(F)c(-c4cncnc4)c3)COC(N)=N2)cc1C. The zero-order valence-electron chi connectivity index (χ0n) is 15.5. The molecular formula is C21H19FN4O2. The van der Waals surface area contributed by atoms with Crippen molar-refractivity contribution < 1.29 is 13.9 Å². The van der Waals surface area contributed by atoms with E-state index in [-0.39, 0.29) is 18.4 Å².